The van der Waals surface area contributed by atoms with Crippen molar-refractivity contribution < 1.29 is 0 Å². The number of H-pyrrole nitrogens is 1. The van der Waals surface area contributed by atoms with Crippen LogP contribution >= 0.6 is 15.9 Å². The molecule has 0 spiro atoms. The highest BCUT2D eigenvalue weighted by atomic mass is 79.9. The summed E-state index contributed by atoms with van der Waals surface area (Å²) in [6, 6.07) is -0.126. The Kier molecular flexibility index (Phi) is 2.52. The van der Waals surface area contributed by atoms with Crippen molar-refractivity contribution in [1.29, 1.82) is 0 Å². The number of rotatable bonds is 1. The van der Waals surface area contributed by atoms with Gasteiger partial charge in [0.25, 0.3) is 5.56 Å². The summed E-state index contributed by atoms with van der Waals surface area (Å²) in [7, 11) is 0. The van der Waals surface area contributed by atoms with E-state index in [4.69, 9.17) is 0 Å². The maximum Gasteiger partial charge on any atom is 0.328 e. The van der Waals surface area contributed by atoms with Gasteiger partial charge < -0.3 is 4.98 Å². The SMILES string of the molecule is CC(C)n1c(=O)[nH]cc(Br)c1=O. The molecule has 12 heavy (non-hydrogen) atoms. The van der Waals surface area contributed by atoms with Crippen molar-refractivity contribution >= 4 is 15.9 Å². The van der Waals surface area contributed by atoms with Crippen LogP contribution in [-0.2, 0) is 0 Å². The van der Waals surface area contributed by atoms with E-state index in [1.165, 1.54) is 6.20 Å². The van der Waals surface area contributed by atoms with Gasteiger partial charge in [0.1, 0.15) is 0 Å². The third kappa shape index (κ3) is 1.50. The first-order valence-electron chi connectivity index (χ1n) is 3.53. The van der Waals surface area contributed by atoms with Crippen LogP contribution in [-0.4, -0.2) is 9.55 Å². The maximum absolute atomic E-state index is 11.3. The molecule has 5 heteroatoms. The minimum Gasteiger partial charge on any atom is -0.313 e. The second-order valence-corrected chi connectivity index (χ2v) is 3.57. The van der Waals surface area contributed by atoms with Crippen LogP contribution in [0.15, 0.2) is 20.3 Å². The lowest BCUT2D eigenvalue weighted by Crippen LogP contribution is -2.36. The smallest absolute Gasteiger partial charge is 0.313 e. The predicted molar refractivity (Wildman–Crippen MR) is 49.4 cm³/mol. The lowest BCUT2D eigenvalue weighted by Gasteiger charge is -2.06. The van der Waals surface area contributed by atoms with Gasteiger partial charge in [-0.05, 0) is 29.8 Å². The van der Waals surface area contributed by atoms with E-state index in [-0.39, 0.29) is 17.3 Å². The lowest BCUT2D eigenvalue weighted by molar-refractivity contribution is 0.543. The van der Waals surface area contributed by atoms with E-state index in [0.29, 0.717) is 4.47 Å². The minimum absolute atomic E-state index is 0.126. The second-order valence-electron chi connectivity index (χ2n) is 2.71. The van der Waals surface area contributed by atoms with Gasteiger partial charge in [-0.25, -0.2) is 4.79 Å². The monoisotopic (exact) mass is 232 g/mol. The molecule has 1 rings (SSSR count). The van der Waals surface area contributed by atoms with E-state index in [1.807, 2.05) is 0 Å². The van der Waals surface area contributed by atoms with Crippen LogP contribution in [0.5, 0.6) is 0 Å². The van der Waals surface area contributed by atoms with Gasteiger partial charge in [-0.1, -0.05) is 0 Å². The number of nitrogens with zero attached hydrogens (tertiary/aromatic N) is 1. The molecule has 1 aromatic rings. The minimum atomic E-state index is -0.377. The highest BCUT2D eigenvalue weighted by Crippen LogP contribution is 2.00. The summed E-state index contributed by atoms with van der Waals surface area (Å²) in [5.41, 5.74) is -0.674. The fraction of sp³-hybridized carbons (Fsp3) is 0.429. The molecule has 0 atom stereocenters. The Balaban J connectivity index is 3.55. The van der Waals surface area contributed by atoms with Crippen LogP contribution in [0.25, 0.3) is 0 Å². The largest absolute Gasteiger partial charge is 0.328 e. The number of hydrogen-bond donors (Lipinski definition) is 1. The number of aromatic amines is 1. The quantitative estimate of drug-likeness (QED) is 0.782. The third-order valence-corrected chi connectivity index (χ3v) is 2.05. The molecule has 0 saturated heterocycles. The summed E-state index contributed by atoms with van der Waals surface area (Å²) >= 11 is 3.05. The normalized spacial score (nSPS) is 10.7. The molecule has 0 aromatic carbocycles. The molecule has 0 amide bonds. The first-order valence-corrected chi connectivity index (χ1v) is 4.33. The Morgan fingerprint density at radius 3 is 2.50 bits per heavy atom. The van der Waals surface area contributed by atoms with Crippen LogP contribution in [0, 0.1) is 0 Å². The molecule has 0 aliphatic heterocycles. The molecule has 1 heterocycles. The standard InChI is InChI=1S/C7H9BrN2O2/c1-4(2)10-6(11)5(8)3-9-7(10)12/h3-4H,1-2H3,(H,9,12). The zero-order chi connectivity index (χ0) is 9.30. The van der Waals surface area contributed by atoms with Gasteiger partial charge >= 0.3 is 5.69 Å². The summed E-state index contributed by atoms with van der Waals surface area (Å²) in [6.45, 7) is 3.56. The molecular formula is C7H9BrN2O2. The molecule has 1 N–H and O–H groups in total. The molecular weight excluding hydrogens is 224 g/mol. The van der Waals surface area contributed by atoms with E-state index in [1.54, 1.807) is 13.8 Å². The van der Waals surface area contributed by atoms with E-state index in [0.717, 1.165) is 4.57 Å². The van der Waals surface area contributed by atoms with Gasteiger partial charge in [0, 0.05) is 12.2 Å². The Morgan fingerprint density at radius 1 is 1.50 bits per heavy atom. The van der Waals surface area contributed by atoms with E-state index in [9.17, 15) is 9.59 Å². The summed E-state index contributed by atoms with van der Waals surface area (Å²) in [4.78, 5) is 24.9. The van der Waals surface area contributed by atoms with Crippen LogP contribution in [0.4, 0.5) is 0 Å². The van der Waals surface area contributed by atoms with Crippen LogP contribution < -0.4 is 11.2 Å². The van der Waals surface area contributed by atoms with Crippen LogP contribution in [0.2, 0.25) is 0 Å². The Hall–Kier alpha value is -0.840. The average molecular weight is 233 g/mol. The van der Waals surface area contributed by atoms with Crippen molar-refractivity contribution in [2.45, 2.75) is 19.9 Å². The molecule has 0 radical (unpaired) electrons. The average Bonchev–Trinajstić information content (AvgIpc) is 1.97. The van der Waals surface area contributed by atoms with E-state index < -0.39 is 0 Å². The fourth-order valence-electron chi connectivity index (χ4n) is 0.933. The first-order chi connectivity index (χ1) is 5.54. The summed E-state index contributed by atoms with van der Waals surface area (Å²) < 4.78 is 1.53. The molecule has 0 fully saturated rings. The highest BCUT2D eigenvalue weighted by Gasteiger charge is 2.07. The van der Waals surface area contributed by atoms with Gasteiger partial charge in [0.2, 0.25) is 0 Å². The summed E-state index contributed by atoms with van der Waals surface area (Å²) in [5.74, 6) is 0. The number of hydrogen-bond acceptors (Lipinski definition) is 2. The molecule has 66 valence electrons. The van der Waals surface area contributed by atoms with Crippen molar-refractivity contribution in [3.8, 4) is 0 Å². The van der Waals surface area contributed by atoms with E-state index >= 15 is 0 Å². The third-order valence-electron chi connectivity index (χ3n) is 1.48. The van der Waals surface area contributed by atoms with E-state index in [2.05, 4.69) is 20.9 Å². The molecule has 0 aliphatic carbocycles. The molecule has 0 bridgehead atoms. The Labute approximate surface area is 77.4 Å². The number of halogens is 1. The zero-order valence-electron chi connectivity index (χ0n) is 6.80. The summed E-state index contributed by atoms with van der Waals surface area (Å²) in [5, 5.41) is 0. The maximum atomic E-state index is 11.3. The van der Waals surface area contributed by atoms with Crippen molar-refractivity contribution in [3.63, 3.8) is 0 Å². The van der Waals surface area contributed by atoms with Crippen molar-refractivity contribution in [3.05, 3.63) is 31.5 Å². The molecule has 0 saturated carbocycles. The van der Waals surface area contributed by atoms with Crippen LogP contribution in [0.3, 0.4) is 0 Å². The van der Waals surface area contributed by atoms with Crippen LogP contribution in [0.1, 0.15) is 19.9 Å². The lowest BCUT2D eigenvalue weighted by atomic mass is 10.4. The van der Waals surface area contributed by atoms with Gasteiger partial charge in [-0.3, -0.25) is 9.36 Å². The number of aromatic nitrogens is 2. The Bertz CT molecular complexity index is 391. The highest BCUT2D eigenvalue weighted by molar-refractivity contribution is 9.10. The van der Waals surface area contributed by atoms with Gasteiger partial charge in [-0.15, -0.1) is 0 Å². The summed E-state index contributed by atoms with van der Waals surface area (Å²) in [6.07, 6.45) is 1.35. The van der Waals surface area contributed by atoms with Crippen molar-refractivity contribution in [2.24, 2.45) is 0 Å². The topological polar surface area (TPSA) is 54.9 Å². The van der Waals surface area contributed by atoms with Crippen molar-refractivity contribution in [1.82, 2.24) is 9.55 Å². The number of nitrogens with one attached hydrogen (secondary N) is 1. The predicted octanol–water partition coefficient (Wildman–Crippen LogP) is 0.880. The first kappa shape index (κ1) is 9.25. The molecule has 0 unspecified atom stereocenters. The van der Waals surface area contributed by atoms with Gasteiger partial charge in [0.05, 0.1) is 4.47 Å². The molecule has 4 nitrogen and oxygen atoms in total. The fourth-order valence-corrected chi connectivity index (χ4v) is 1.24. The molecule has 1 aromatic heterocycles. The van der Waals surface area contributed by atoms with Gasteiger partial charge in [0.15, 0.2) is 0 Å². The van der Waals surface area contributed by atoms with Crippen molar-refractivity contribution in [2.75, 3.05) is 0 Å². The second kappa shape index (κ2) is 3.26. The molecule has 0 aliphatic rings. The Morgan fingerprint density at radius 2 is 2.08 bits per heavy atom. The zero-order valence-corrected chi connectivity index (χ0v) is 8.38. The van der Waals surface area contributed by atoms with Gasteiger partial charge in [-0.2, -0.15) is 0 Å².